The zero-order valence-corrected chi connectivity index (χ0v) is 26.5. The molecule has 224 valence electrons. The highest BCUT2D eigenvalue weighted by Crippen LogP contribution is 2.41. The Morgan fingerprint density at radius 1 is 0.930 bits per heavy atom. The lowest BCUT2D eigenvalue weighted by atomic mass is 10.1. The fourth-order valence-electron chi connectivity index (χ4n) is 5.16. The topological polar surface area (TPSA) is 85.2 Å². The van der Waals surface area contributed by atoms with Crippen LogP contribution in [0.1, 0.15) is 43.6 Å². The minimum Gasteiger partial charge on any atom is -0.491 e. The van der Waals surface area contributed by atoms with Gasteiger partial charge in [-0.05, 0) is 108 Å². The van der Waals surface area contributed by atoms with Gasteiger partial charge in [0, 0.05) is 6.54 Å². The Balaban J connectivity index is 1.03. The van der Waals surface area contributed by atoms with E-state index in [9.17, 15) is 4.79 Å². The van der Waals surface area contributed by atoms with Crippen LogP contribution in [-0.4, -0.2) is 63.0 Å². The first-order valence-electron chi connectivity index (χ1n) is 14.4. The Bertz CT molecular complexity index is 1610. The van der Waals surface area contributed by atoms with Crippen molar-refractivity contribution in [2.45, 2.75) is 43.2 Å². The third-order valence-corrected chi connectivity index (χ3v) is 9.47. The molecule has 0 radical (unpaired) electrons. The van der Waals surface area contributed by atoms with Crippen LogP contribution in [0.3, 0.4) is 0 Å². The summed E-state index contributed by atoms with van der Waals surface area (Å²) in [4.78, 5) is 15.2. The minimum absolute atomic E-state index is 0.0884. The maximum Gasteiger partial charge on any atom is 0.234 e. The maximum absolute atomic E-state index is 12.8. The number of thioether (sulfide) groups is 1. The quantitative estimate of drug-likeness (QED) is 0.165. The minimum atomic E-state index is -0.238. The van der Waals surface area contributed by atoms with Crippen LogP contribution in [0, 0.1) is 0 Å². The average molecular weight is 658 g/mol. The van der Waals surface area contributed by atoms with Gasteiger partial charge in [-0.25, -0.2) is 0 Å². The number of likely N-dealkylation sites (tertiary alicyclic amines) is 1. The molecule has 1 aliphatic heterocycles. The summed E-state index contributed by atoms with van der Waals surface area (Å²) < 4.78 is 7.50. The summed E-state index contributed by atoms with van der Waals surface area (Å²) in [6.07, 6.45) is 6.22. The first-order chi connectivity index (χ1) is 20.9. The lowest BCUT2D eigenvalue weighted by Crippen LogP contribution is -2.33. The van der Waals surface area contributed by atoms with Crippen molar-refractivity contribution in [3.8, 4) is 22.6 Å². The van der Waals surface area contributed by atoms with Gasteiger partial charge in [0.2, 0.25) is 11.1 Å². The number of carbonyl (C=O) groups excluding carboxylic acids is 1. The smallest absolute Gasteiger partial charge is 0.234 e. The van der Waals surface area contributed by atoms with Crippen LogP contribution >= 0.6 is 46.6 Å². The van der Waals surface area contributed by atoms with Crippen LogP contribution in [0.25, 0.3) is 16.8 Å². The molecule has 3 aromatic carbocycles. The van der Waals surface area contributed by atoms with Crippen LogP contribution in [0.5, 0.6) is 5.75 Å². The van der Waals surface area contributed by atoms with Gasteiger partial charge in [-0.3, -0.25) is 9.69 Å². The van der Waals surface area contributed by atoms with Gasteiger partial charge in [-0.2, -0.15) is 4.68 Å². The second kappa shape index (κ2) is 13.9. The van der Waals surface area contributed by atoms with Crippen LogP contribution in [0.15, 0.2) is 59.8 Å². The fourth-order valence-corrected chi connectivity index (χ4v) is 6.58. The number of tetrazole rings is 1. The number of nitrogens with zero attached hydrogens (tertiary/aromatic N) is 5. The number of carbonyl (C=O) groups is 1. The number of nitrogens with one attached hydrogen (secondary N) is 1. The molecular weight excluding hydrogens is 627 g/mol. The standard InChI is InChI=1S/C31H31Cl3N6O2S/c32-24-16-22(23-8-11-29(26(34)18-23)42-15-14-39-12-2-1-3-13-39)6-9-27(24)35-30(41)19-43-31-36-37-38-40(31)28-10-7-21(17-25(28)33)20-4-5-20/h6-11,16-18,20H,1-5,12-15,19H2,(H,35,41). The number of rotatable bonds is 11. The van der Waals surface area contributed by atoms with Crippen molar-refractivity contribution in [1.82, 2.24) is 25.1 Å². The number of hydrogen-bond donors (Lipinski definition) is 1. The van der Waals surface area contributed by atoms with Crippen molar-refractivity contribution in [2.24, 2.45) is 0 Å². The maximum atomic E-state index is 12.8. The predicted octanol–water partition coefficient (Wildman–Crippen LogP) is 7.76. The van der Waals surface area contributed by atoms with Gasteiger partial charge in [0.05, 0.1) is 32.2 Å². The molecule has 0 spiro atoms. The van der Waals surface area contributed by atoms with Gasteiger partial charge in [0.1, 0.15) is 12.4 Å². The molecule has 1 amide bonds. The Labute approximate surface area is 270 Å². The van der Waals surface area contributed by atoms with Crippen molar-refractivity contribution in [2.75, 3.05) is 37.3 Å². The molecule has 43 heavy (non-hydrogen) atoms. The van der Waals surface area contributed by atoms with E-state index in [1.807, 2.05) is 36.4 Å². The van der Waals surface area contributed by atoms with Gasteiger partial charge < -0.3 is 10.1 Å². The second-order valence-corrected chi connectivity index (χ2v) is 12.9. The van der Waals surface area contributed by atoms with Gasteiger partial charge in [-0.15, -0.1) is 5.10 Å². The summed E-state index contributed by atoms with van der Waals surface area (Å²) in [6.45, 7) is 3.78. The molecule has 1 N–H and O–H groups in total. The Morgan fingerprint density at radius 3 is 2.42 bits per heavy atom. The first-order valence-corrected chi connectivity index (χ1v) is 16.5. The molecule has 4 aromatic rings. The number of piperidine rings is 1. The van der Waals surface area contributed by atoms with E-state index >= 15 is 0 Å². The summed E-state index contributed by atoms with van der Waals surface area (Å²) in [5, 5.41) is 16.8. The summed E-state index contributed by atoms with van der Waals surface area (Å²) in [5.41, 5.74) is 4.20. The first kappa shape index (κ1) is 30.2. The normalized spacial score (nSPS) is 15.4. The number of halogens is 3. The molecule has 2 heterocycles. The van der Waals surface area contributed by atoms with E-state index in [1.54, 1.807) is 16.8 Å². The lowest BCUT2D eigenvalue weighted by Gasteiger charge is -2.26. The van der Waals surface area contributed by atoms with E-state index < -0.39 is 0 Å². The Hall–Kier alpha value is -2.82. The van der Waals surface area contributed by atoms with Crippen molar-refractivity contribution < 1.29 is 9.53 Å². The van der Waals surface area contributed by atoms with E-state index in [1.165, 1.54) is 49.4 Å². The number of amides is 1. The molecule has 2 aliphatic rings. The van der Waals surface area contributed by atoms with Crippen molar-refractivity contribution >= 4 is 58.2 Å². The van der Waals surface area contributed by atoms with Gasteiger partial charge >= 0.3 is 0 Å². The van der Waals surface area contributed by atoms with Crippen molar-refractivity contribution in [1.29, 1.82) is 0 Å². The van der Waals surface area contributed by atoms with E-state index in [0.29, 0.717) is 49.9 Å². The zero-order valence-electron chi connectivity index (χ0n) is 23.4. The highest BCUT2D eigenvalue weighted by molar-refractivity contribution is 7.99. The molecule has 6 rings (SSSR count). The molecular formula is C31H31Cl3N6O2S. The number of anilines is 1. The largest absolute Gasteiger partial charge is 0.491 e. The Morgan fingerprint density at radius 2 is 1.70 bits per heavy atom. The summed E-state index contributed by atoms with van der Waals surface area (Å²) >= 11 is 20.9. The number of hydrogen-bond acceptors (Lipinski definition) is 7. The molecule has 8 nitrogen and oxygen atoms in total. The predicted molar refractivity (Wildman–Crippen MR) is 173 cm³/mol. The van der Waals surface area contributed by atoms with E-state index in [0.717, 1.165) is 30.8 Å². The third kappa shape index (κ3) is 7.64. The number of benzene rings is 3. The lowest BCUT2D eigenvalue weighted by molar-refractivity contribution is -0.113. The molecule has 1 saturated heterocycles. The second-order valence-electron chi connectivity index (χ2n) is 10.8. The Kier molecular flexibility index (Phi) is 9.74. The van der Waals surface area contributed by atoms with Crippen molar-refractivity contribution in [3.63, 3.8) is 0 Å². The molecule has 2 fully saturated rings. The molecule has 0 unspecified atom stereocenters. The van der Waals surface area contributed by atoms with Gasteiger partial charge in [0.15, 0.2) is 0 Å². The molecule has 1 saturated carbocycles. The van der Waals surface area contributed by atoms with E-state index in [-0.39, 0.29) is 11.7 Å². The van der Waals surface area contributed by atoms with Crippen LogP contribution < -0.4 is 10.1 Å². The summed E-state index contributed by atoms with van der Waals surface area (Å²) in [7, 11) is 0. The highest BCUT2D eigenvalue weighted by Gasteiger charge is 2.24. The van der Waals surface area contributed by atoms with Crippen LogP contribution in [-0.2, 0) is 4.79 Å². The average Bonchev–Trinajstić information content (AvgIpc) is 3.76. The van der Waals surface area contributed by atoms with Crippen LogP contribution in [0.2, 0.25) is 15.1 Å². The van der Waals surface area contributed by atoms with E-state index in [4.69, 9.17) is 39.5 Å². The van der Waals surface area contributed by atoms with E-state index in [2.05, 4.69) is 31.8 Å². The molecule has 0 bridgehead atoms. The molecule has 1 aromatic heterocycles. The zero-order chi connectivity index (χ0) is 29.8. The van der Waals surface area contributed by atoms with Gasteiger partial charge in [0.25, 0.3) is 0 Å². The van der Waals surface area contributed by atoms with Gasteiger partial charge in [-0.1, -0.05) is 71.2 Å². The monoisotopic (exact) mass is 656 g/mol. The molecule has 0 atom stereocenters. The SMILES string of the molecule is O=C(CSc1nnnn1-c1ccc(C2CC2)cc1Cl)Nc1ccc(-c2ccc(OCCN3CCCCC3)c(Cl)c2)cc1Cl. The summed E-state index contributed by atoms with van der Waals surface area (Å²) in [6, 6.07) is 17.1. The number of aromatic nitrogens is 4. The molecule has 1 aliphatic carbocycles. The number of ether oxygens (including phenoxy) is 1. The third-order valence-electron chi connectivity index (χ3n) is 7.64. The highest BCUT2D eigenvalue weighted by atomic mass is 35.5. The fraction of sp³-hybridized carbons (Fsp3) is 0.355. The molecule has 12 heteroatoms. The summed E-state index contributed by atoms with van der Waals surface area (Å²) in [5.74, 6) is 1.11. The van der Waals surface area contributed by atoms with Crippen molar-refractivity contribution in [3.05, 3.63) is 75.2 Å². The van der Waals surface area contributed by atoms with Crippen LogP contribution in [0.4, 0.5) is 5.69 Å².